The van der Waals surface area contributed by atoms with E-state index in [9.17, 15) is 9.59 Å². The molecule has 0 aliphatic carbocycles. The van der Waals surface area contributed by atoms with Crippen LogP contribution in [0.2, 0.25) is 5.02 Å². The van der Waals surface area contributed by atoms with Gasteiger partial charge < -0.3 is 5.32 Å². The Hall–Kier alpha value is -2.77. The number of hydrogen-bond acceptors (Lipinski definition) is 5. The summed E-state index contributed by atoms with van der Waals surface area (Å²) in [7, 11) is 0. The quantitative estimate of drug-likeness (QED) is 0.720. The Balaban J connectivity index is 1.56. The van der Waals surface area contributed by atoms with Crippen LogP contribution in [0.5, 0.6) is 0 Å². The molecule has 2 aromatic carbocycles. The third kappa shape index (κ3) is 4.40. The van der Waals surface area contributed by atoms with Crippen LogP contribution in [0.15, 0.2) is 54.6 Å². The molecule has 3 aromatic rings. The summed E-state index contributed by atoms with van der Waals surface area (Å²) in [6.07, 6.45) is 0. The molecule has 0 saturated carbocycles. The van der Waals surface area contributed by atoms with Gasteiger partial charge in [0.15, 0.2) is 0 Å². The van der Waals surface area contributed by atoms with Gasteiger partial charge in [0.05, 0.1) is 17.1 Å². The molecule has 126 valence electrons. The van der Waals surface area contributed by atoms with Crippen molar-refractivity contribution in [1.82, 2.24) is 15.5 Å². The Morgan fingerprint density at radius 3 is 2.48 bits per heavy atom. The van der Waals surface area contributed by atoms with E-state index in [2.05, 4.69) is 20.8 Å². The van der Waals surface area contributed by atoms with Crippen molar-refractivity contribution in [2.75, 3.05) is 11.9 Å². The lowest BCUT2D eigenvalue weighted by Gasteiger charge is -2.06. The predicted molar refractivity (Wildman–Crippen MR) is 97.8 cm³/mol. The molecule has 0 atom stereocenters. The third-order valence-corrected chi connectivity index (χ3v) is 4.44. The van der Waals surface area contributed by atoms with Crippen molar-refractivity contribution in [3.63, 3.8) is 0 Å². The lowest BCUT2D eigenvalue weighted by Crippen LogP contribution is -2.32. The fraction of sp³-hybridized carbons (Fsp3) is 0.0588. The van der Waals surface area contributed by atoms with Crippen molar-refractivity contribution in [2.24, 2.45) is 0 Å². The van der Waals surface area contributed by atoms with Gasteiger partial charge in [-0.2, -0.15) is 0 Å². The number of halogens is 1. The molecular weight excluding hydrogens is 360 g/mol. The van der Waals surface area contributed by atoms with E-state index >= 15 is 0 Å². The Bertz CT molecular complexity index is 898. The van der Waals surface area contributed by atoms with Crippen LogP contribution in [0.4, 0.5) is 5.13 Å². The summed E-state index contributed by atoms with van der Waals surface area (Å²) >= 11 is 7.21. The van der Waals surface area contributed by atoms with Gasteiger partial charge in [-0.15, -0.1) is 10.2 Å². The number of amides is 2. The van der Waals surface area contributed by atoms with Crippen LogP contribution in [0.25, 0.3) is 10.6 Å². The van der Waals surface area contributed by atoms with Crippen LogP contribution >= 0.6 is 22.9 Å². The Labute approximate surface area is 152 Å². The highest BCUT2D eigenvalue weighted by Crippen LogP contribution is 2.25. The highest BCUT2D eigenvalue weighted by Gasteiger charge is 2.13. The second-order valence-corrected chi connectivity index (χ2v) is 6.37. The maximum atomic E-state index is 12.0. The molecule has 1 aromatic heterocycles. The van der Waals surface area contributed by atoms with Crippen molar-refractivity contribution in [2.45, 2.75) is 0 Å². The SMILES string of the molecule is O=C(CNC(=O)c1ccccc1Cl)Nc1nnc(-c2ccccc2)s1. The largest absolute Gasteiger partial charge is 0.343 e. The molecule has 1 heterocycles. The Morgan fingerprint density at radius 1 is 1.00 bits per heavy atom. The van der Waals surface area contributed by atoms with E-state index in [4.69, 9.17) is 11.6 Å². The minimum Gasteiger partial charge on any atom is -0.343 e. The maximum absolute atomic E-state index is 12.0. The van der Waals surface area contributed by atoms with E-state index in [1.807, 2.05) is 30.3 Å². The van der Waals surface area contributed by atoms with Gasteiger partial charge in [-0.05, 0) is 12.1 Å². The standard InChI is InChI=1S/C17H13ClN4O2S/c18-13-9-5-4-8-12(13)15(24)19-10-14(23)20-17-22-21-16(25-17)11-6-2-1-3-7-11/h1-9H,10H2,(H,19,24)(H,20,22,23). The minimum absolute atomic E-state index is 0.190. The molecule has 0 unspecified atom stereocenters. The predicted octanol–water partition coefficient (Wildman–Crippen LogP) is 3.23. The number of anilines is 1. The average molecular weight is 373 g/mol. The zero-order valence-electron chi connectivity index (χ0n) is 12.9. The first-order valence-corrected chi connectivity index (χ1v) is 8.54. The highest BCUT2D eigenvalue weighted by atomic mass is 35.5. The molecule has 0 fully saturated rings. The summed E-state index contributed by atoms with van der Waals surface area (Å²) in [5, 5.41) is 14.5. The fourth-order valence-corrected chi connectivity index (χ4v) is 3.02. The maximum Gasteiger partial charge on any atom is 0.253 e. The van der Waals surface area contributed by atoms with Gasteiger partial charge in [0.25, 0.3) is 5.91 Å². The smallest absolute Gasteiger partial charge is 0.253 e. The molecule has 0 aliphatic heterocycles. The summed E-state index contributed by atoms with van der Waals surface area (Å²) in [5.41, 5.74) is 1.24. The summed E-state index contributed by atoms with van der Waals surface area (Å²) in [6.45, 7) is -0.190. The van der Waals surface area contributed by atoms with E-state index in [0.717, 1.165) is 5.56 Å². The summed E-state index contributed by atoms with van der Waals surface area (Å²) in [4.78, 5) is 24.0. The monoisotopic (exact) mass is 372 g/mol. The normalized spacial score (nSPS) is 10.3. The van der Waals surface area contributed by atoms with Crippen molar-refractivity contribution >= 4 is 39.9 Å². The molecule has 0 aliphatic rings. The van der Waals surface area contributed by atoms with E-state index in [1.54, 1.807) is 24.3 Å². The lowest BCUT2D eigenvalue weighted by molar-refractivity contribution is -0.115. The molecule has 6 nitrogen and oxygen atoms in total. The third-order valence-electron chi connectivity index (χ3n) is 3.22. The first-order chi connectivity index (χ1) is 12.1. The average Bonchev–Trinajstić information content (AvgIpc) is 3.09. The van der Waals surface area contributed by atoms with E-state index in [1.165, 1.54) is 11.3 Å². The number of nitrogens with one attached hydrogen (secondary N) is 2. The van der Waals surface area contributed by atoms with Crippen LogP contribution in [-0.4, -0.2) is 28.6 Å². The molecule has 0 spiro atoms. The number of aromatic nitrogens is 2. The number of hydrogen-bond donors (Lipinski definition) is 2. The van der Waals surface area contributed by atoms with Gasteiger partial charge in [0.1, 0.15) is 5.01 Å². The van der Waals surface area contributed by atoms with Gasteiger partial charge in [0.2, 0.25) is 11.0 Å². The van der Waals surface area contributed by atoms with Gasteiger partial charge in [-0.3, -0.25) is 14.9 Å². The zero-order chi connectivity index (χ0) is 17.6. The van der Waals surface area contributed by atoms with Crippen LogP contribution in [-0.2, 0) is 4.79 Å². The first kappa shape index (κ1) is 17.1. The Kier molecular flexibility index (Phi) is 5.37. The zero-order valence-corrected chi connectivity index (χ0v) is 14.5. The molecule has 8 heteroatoms. The summed E-state index contributed by atoms with van der Waals surface area (Å²) in [6, 6.07) is 16.2. The molecule has 2 amide bonds. The minimum atomic E-state index is -0.414. The Morgan fingerprint density at radius 2 is 1.72 bits per heavy atom. The second-order valence-electron chi connectivity index (χ2n) is 4.99. The van der Waals surface area contributed by atoms with Crippen molar-refractivity contribution in [3.8, 4) is 10.6 Å². The van der Waals surface area contributed by atoms with E-state index in [-0.39, 0.29) is 6.54 Å². The topological polar surface area (TPSA) is 84.0 Å². The molecular formula is C17H13ClN4O2S. The van der Waals surface area contributed by atoms with Crippen LogP contribution in [0.1, 0.15) is 10.4 Å². The summed E-state index contributed by atoms with van der Waals surface area (Å²) < 4.78 is 0. The van der Waals surface area contributed by atoms with E-state index in [0.29, 0.717) is 20.7 Å². The second kappa shape index (κ2) is 7.87. The lowest BCUT2D eigenvalue weighted by atomic mass is 10.2. The molecule has 2 N–H and O–H groups in total. The first-order valence-electron chi connectivity index (χ1n) is 7.35. The van der Waals surface area contributed by atoms with Crippen LogP contribution in [0.3, 0.4) is 0 Å². The van der Waals surface area contributed by atoms with E-state index < -0.39 is 11.8 Å². The van der Waals surface area contributed by atoms with Gasteiger partial charge >= 0.3 is 0 Å². The van der Waals surface area contributed by atoms with Crippen molar-refractivity contribution in [3.05, 3.63) is 65.2 Å². The molecule has 25 heavy (non-hydrogen) atoms. The van der Waals surface area contributed by atoms with Crippen LogP contribution < -0.4 is 10.6 Å². The molecule has 0 radical (unpaired) electrons. The number of rotatable bonds is 5. The van der Waals surface area contributed by atoms with Crippen molar-refractivity contribution < 1.29 is 9.59 Å². The number of nitrogens with zero attached hydrogens (tertiary/aromatic N) is 2. The van der Waals surface area contributed by atoms with Gasteiger partial charge in [-0.25, -0.2) is 0 Å². The van der Waals surface area contributed by atoms with Gasteiger partial charge in [0, 0.05) is 5.56 Å². The molecule has 0 saturated heterocycles. The number of benzene rings is 2. The van der Waals surface area contributed by atoms with Gasteiger partial charge in [-0.1, -0.05) is 65.4 Å². The van der Waals surface area contributed by atoms with Crippen LogP contribution in [0, 0.1) is 0 Å². The number of carbonyl (C=O) groups is 2. The molecule has 3 rings (SSSR count). The number of carbonyl (C=O) groups excluding carboxylic acids is 2. The molecule has 0 bridgehead atoms. The highest BCUT2D eigenvalue weighted by molar-refractivity contribution is 7.18. The fourth-order valence-electron chi connectivity index (χ4n) is 2.04. The van der Waals surface area contributed by atoms with Crippen molar-refractivity contribution in [1.29, 1.82) is 0 Å². The summed E-state index contributed by atoms with van der Waals surface area (Å²) in [5.74, 6) is -0.806.